The van der Waals surface area contributed by atoms with E-state index in [1.54, 1.807) is 0 Å². The minimum absolute atomic E-state index is 0.906. The zero-order valence-corrected chi connectivity index (χ0v) is 28.4. The van der Waals surface area contributed by atoms with E-state index in [-0.39, 0.29) is 0 Å². The van der Waals surface area contributed by atoms with Crippen LogP contribution in [0.25, 0.3) is 76.9 Å². The van der Waals surface area contributed by atoms with Crippen LogP contribution in [0.2, 0.25) is 0 Å². The molecule has 0 radical (unpaired) electrons. The molecule has 9 aromatic carbocycles. The van der Waals surface area contributed by atoms with Crippen LogP contribution in [0, 0.1) is 0 Å². The summed E-state index contributed by atoms with van der Waals surface area (Å²) in [5, 5.41) is 7.25. The minimum Gasteiger partial charge on any atom is -0.456 e. The van der Waals surface area contributed by atoms with Crippen LogP contribution in [-0.4, -0.2) is 0 Å². The van der Waals surface area contributed by atoms with Crippen LogP contribution in [0.5, 0.6) is 0 Å². The van der Waals surface area contributed by atoms with Gasteiger partial charge in [-0.2, -0.15) is 0 Å². The average Bonchev–Trinajstić information content (AvgIpc) is 3.61. The summed E-state index contributed by atoms with van der Waals surface area (Å²) >= 11 is 0. The molecule has 1 aromatic heterocycles. The van der Waals surface area contributed by atoms with Crippen molar-refractivity contribution in [3.63, 3.8) is 0 Å². The third-order valence-corrected chi connectivity index (χ3v) is 10.3. The Hall–Kier alpha value is -6.90. The number of furan rings is 1. The Bertz CT molecular complexity index is 2860. The fraction of sp³-hybridized carbons (Fsp3) is 0. The number of fused-ring (bicyclic) bond motifs is 6. The first kappa shape index (κ1) is 30.0. The van der Waals surface area contributed by atoms with E-state index in [1.165, 1.54) is 49.2 Å². The lowest BCUT2D eigenvalue weighted by Gasteiger charge is -2.26. The van der Waals surface area contributed by atoms with Gasteiger partial charge in [0.2, 0.25) is 0 Å². The molecule has 244 valence electrons. The van der Waals surface area contributed by atoms with Crippen molar-refractivity contribution in [3.05, 3.63) is 200 Å². The molecule has 0 aliphatic carbocycles. The van der Waals surface area contributed by atoms with Crippen LogP contribution in [0.15, 0.2) is 205 Å². The summed E-state index contributed by atoms with van der Waals surface area (Å²) in [7, 11) is 0. The Morgan fingerprint density at radius 2 is 0.808 bits per heavy atom. The van der Waals surface area contributed by atoms with Crippen molar-refractivity contribution >= 4 is 60.5 Å². The van der Waals surface area contributed by atoms with Crippen molar-refractivity contribution in [2.45, 2.75) is 0 Å². The summed E-state index contributed by atoms with van der Waals surface area (Å²) in [4.78, 5) is 2.34. The van der Waals surface area contributed by atoms with Gasteiger partial charge in [0.1, 0.15) is 11.2 Å². The molecule has 0 atom stereocenters. The fourth-order valence-electron chi connectivity index (χ4n) is 7.68. The quantitative estimate of drug-likeness (QED) is 0.176. The highest BCUT2D eigenvalue weighted by atomic mass is 16.3. The summed E-state index contributed by atoms with van der Waals surface area (Å²) in [6.07, 6.45) is 0. The van der Waals surface area contributed by atoms with Gasteiger partial charge >= 0.3 is 0 Å². The van der Waals surface area contributed by atoms with Crippen molar-refractivity contribution in [1.82, 2.24) is 0 Å². The van der Waals surface area contributed by atoms with Gasteiger partial charge in [-0.25, -0.2) is 0 Å². The van der Waals surface area contributed by atoms with E-state index in [4.69, 9.17) is 4.42 Å². The molecule has 0 amide bonds. The SMILES string of the molecule is c1ccc(-c2ccc(N(c3ccc(-c4ccc5oc6ccc7ccccc7c6c5c4)cc3)c3ccc(-c4cccc5ccccc45)cc3)cc2)cc1. The van der Waals surface area contributed by atoms with Gasteiger partial charge in [-0.05, 0) is 110 Å². The van der Waals surface area contributed by atoms with Crippen LogP contribution in [0.1, 0.15) is 0 Å². The molecule has 0 aliphatic rings. The molecule has 2 nitrogen and oxygen atoms in total. The van der Waals surface area contributed by atoms with Gasteiger partial charge in [-0.15, -0.1) is 0 Å². The molecule has 52 heavy (non-hydrogen) atoms. The lowest BCUT2D eigenvalue weighted by Crippen LogP contribution is -2.09. The highest BCUT2D eigenvalue weighted by molar-refractivity contribution is 6.19. The zero-order chi connectivity index (χ0) is 34.4. The molecule has 0 fully saturated rings. The van der Waals surface area contributed by atoms with Crippen molar-refractivity contribution in [3.8, 4) is 33.4 Å². The second-order valence-corrected chi connectivity index (χ2v) is 13.3. The van der Waals surface area contributed by atoms with Gasteiger partial charge in [-0.3, -0.25) is 0 Å². The van der Waals surface area contributed by atoms with Crippen molar-refractivity contribution < 1.29 is 4.42 Å². The monoisotopic (exact) mass is 663 g/mol. The average molecular weight is 664 g/mol. The Labute approximate surface area is 302 Å². The molecular weight excluding hydrogens is 631 g/mol. The summed E-state index contributed by atoms with van der Waals surface area (Å²) < 4.78 is 6.29. The molecule has 0 bridgehead atoms. The lowest BCUT2D eigenvalue weighted by molar-refractivity contribution is 0.669. The highest BCUT2D eigenvalue weighted by Crippen LogP contribution is 2.40. The second kappa shape index (κ2) is 12.5. The number of nitrogens with zero attached hydrogens (tertiary/aromatic N) is 1. The molecule has 1 heterocycles. The van der Waals surface area contributed by atoms with Gasteiger partial charge in [-0.1, -0.05) is 146 Å². The smallest absolute Gasteiger partial charge is 0.136 e. The number of benzene rings is 9. The molecule has 10 rings (SSSR count). The molecular formula is C50H33NO. The third-order valence-electron chi connectivity index (χ3n) is 10.3. The first-order valence-electron chi connectivity index (χ1n) is 17.8. The lowest BCUT2D eigenvalue weighted by atomic mass is 9.98. The molecule has 0 spiro atoms. The number of hydrogen-bond donors (Lipinski definition) is 0. The molecule has 0 saturated carbocycles. The Morgan fingerprint density at radius 3 is 1.50 bits per heavy atom. The van der Waals surface area contributed by atoms with Crippen LogP contribution < -0.4 is 4.90 Å². The molecule has 2 heteroatoms. The van der Waals surface area contributed by atoms with Crippen LogP contribution in [0.3, 0.4) is 0 Å². The van der Waals surface area contributed by atoms with E-state index in [1.807, 2.05) is 0 Å². The molecule has 10 aromatic rings. The number of hydrogen-bond acceptors (Lipinski definition) is 2. The van der Waals surface area contributed by atoms with Gasteiger partial charge in [0, 0.05) is 27.8 Å². The second-order valence-electron chi connectivity index (χ2n) is 13.3. The molecule has 0 saturated heterocycles. The summed E-state index contributed by atoms with van der Waals surface area (Å²) in [5.74, 6) is 0. The first-order chi connectivity index (χ1) is 25.8. The molecule has 0 unspecified atom stereocenters. The number of anilines is 3. The summed E-state index contributed by atoms with van der Waals surface area (Å²) in [6, 6.07) is 71.7. The van der Waals surface area contributed by atoms with Gasteiger partial charge in [0.25, 0.3) is 0 Å². The zero-order valence-electron chi connectivity index (χ0n) is 28.4. The maximum atomic E-state index is 6.29. The first-order valence-corrected chi connectivity index (χ1v) is 17.8. The predicted octanol–water partition coefficient (Wildman–Crippen LogP) is 14.4. The standard InChI is InChI=1S/C50H33NO/c1-2-9-34(10-3-1)35-17-25-41(26-18-35)51(43-29-21-39(22-30-43)45-16-8-13-37-11-4-6-14-44(37)45)42-27-19-36(20-28-42)40-24-31-48-47(33-40)50-46-15-7-5-12-38(46)23-32-49(50)52-48/h1-33H. The largest absolute Gasteiger partial charge is 0.456 e. The topological polar surface area (TPSA) is 16.4 Å². The van der Waals surface area contributed by atoms with E-state index in [2.05, 4.69) is 205 Å². The predicted molar refractivity (Wildman–Crippen MR) is 220 cm³/mol. The Morgan fingerprint density at radius 1 is 0.308 bits per heavy atom. The highest BCUT2D eigenvalue weighted by Gasteiger charge is 2.16. The molecule has 0 N–H and O–H groups in total. The minimum atomic E-state index is 0.906. The van der Waals surface area contributed by atoms with Gasteiger partial charge in [0.05, 0.1) is 0 Å². The maximum absolute atomic E-state index is 6.29. The maximum Gasteiger partial charge on any atom is 0.136 e. The van der Waals surface area contributed by atoms with Crippen molar-refractivity contribution in [2.75, 3.05) is 4.90 Å². The van der Waals surface area contributed by atoms with Crippen LogP contribution >= 0.6 is 0 Å². The van der Waals surface area contributed by atoms with E-state index in [0.717, 1.165) is 44.7 Å². The van der Waals surface area contributed by atoms with Crippen LogP contribution in [-0.2, 0) is 0 Å². The van der Waals surface area contributed by atoms with E-state index < -0.39 is 0 Å². The molecule has 0 aliphatic heterocycles. The van der Waals surface area contributed by atoms with Crippen LogP contribution in [0.4, 0.5) is 17.1 Å². The third kappa shape index (κ3) is 5.21. The Kier molecular flexibility index (Phi) is 7.18. The van der Waals surface area contributed by atoms with E-state index in [9.17, 15) is 0 Å². The normalized spacial score (nSPS) is 11.5. The number of rotatable bonds is 6. The summed E-state index contributed by atoms with van der Waals surface area (Å²) in [6.45, 7) is 0. The van der Waals surface area contributed by atoms with Crippen molar-refractivity contribution in [2.24, 2.45) is 0 Å². The Balaban J connectivity index is 1.04. The van der Waals surface area contributed by atoms with Gasteiger partial charge < -0.3 is 9.32 Å². The fourth-order valence-corrected chi connectivity index (χ4v) is 7.68. The van der Waals surface area contributed by atoms with E-state index >= 15 is 0 Å². The van der Waals surface area contributed by atoms with Crippen molar-refractivity contribution in [1.29, 1.82) is 0 Å². The van der Waals surface area contributed by atoms with E-state index in [0.29, 0.717) is 0 Å². The van der Waals surface area contributed by atoms with Gasteiger partial charge in [0.15, 0.2) is 0 Å². The summed E-state index contributed by atoms with van der Waals surface area (Å²) in [5.41, 5.74) is 12.3.